The number of nitrogens with one attached hydrogen (secondary N) is 1. The number of hydrogen-bond acceptors (Lipinski definition) is 4. The van der Waals surface area contributed by atoms with Crippen LogP contribution in [0.4, 0.5) is 0 Å². The summed E-state index contributed by atoms with van der Waals surface area (Å²) in [7, 11) is 1.55. The minimum Gasteiger partial charge on any atom is -0.497 e. The summed E-state index contributed by atoms with van der Waals surface area (Å²) in [4.78, 5) is 23.5. The summed E-state index contributed by atoms with van der Waals surface area (Å²) >= 11 is 0. The van der Waals surface area contributed by atoms with Gasteiger partial charge in [-0.25, -0.2) is 0 Å². The average molecular weight is 321 g/mol. The second-order valence-electron chi connectivity index (χ2n) is 6.05. The van der Waals surface area contributed by atoms with Crippen molar-refractivity contribution >= 4 is 11.9 Å². The molecular formula is C17H23NO5. The summed E-state index contributed by atoms with van der Waals surface area (Å²) in [5.41, 5.74) is 0.429. The lowest BCUT2D eigenvalue weighted by atomic mass is 10.1. The van der Waals surface area contributed by atoms with Crippen molar-refractivity contribution in [3.63, 3.8) is 0 Å². The minimum absolute atomic E-state index is 0.0727. The summed E-state index contributed by atoms with van der Waals surface area (Å²) < 4.78 is 10.9. The van der Waals surface area contributed by atoms with Gasteiger partial charge in [-0.2, -0.15) is 0 Å². The van der Waals surface area contributed by atoms with Crippen LogP contribution in [0.15, 0.2) is 18.2 Å². The highest BCUT2D eigenvalue weighted by Gasteiger charge is 2.31. The summed E-state index contributed by atoms with van der Waals surface area (Å²) in [6, 6.07) is 4.94. The predicted octanol–water partition coefficient (Wildman–Crippen LogP) is 2.47. The number of ether oxygens (including phenoxy) is 2. The molecule has 2 atom stereocenters. The number of hydrogen-bond donors (Lipinski definition) is 2. The molecule has 2 rings (SSSR count). The topological polar surface area (TPSA) is 84.9 Å². The van der Waals surface area contributed by atoms with E-state index in [1.54, 1.807) is 25.3 Å². The van der Waals surface area contributed by atoms with Gasteiger partial charge in [0.1, 0.15) is 11.5 Å². The lowest BCUT2D eigenvalue weighted by Crippen LogP contribution is -2.33. The van der Waals surface area contributed by atoms with Crippen LogP contribution in [0.1, 0.15) is 43.5 Å². The van der Waals surface area contributed by atoms with Crippen LogP contribution in [0.2, 0.25) is 0 Å². The zero-order valence-electron chi connectivity index (χ0n) is 13.7. The van der Waals surface area contributed by atoms with E-state index in [-0.39, 0.29) is 24.0 Å². The summed E-state index contributed by atoms with van der Waals surface area (Å²) in [6.45, 7) is 3.77. The van der Waals surface area contributed by atoms with E-state index in [9.17, 15) is 9.59 Å². The summed E-state index contributed by atoms with van der Waals surface area (Å²) in [6.07, 6.45) is 1.67. The van der Waals surface area contributed by atoms with Gasteiger partial charge in [0.2, 0.25) is 0 Å². The Hall–Kier alpha value is -2.24. The number of methoxy groups -OCH3 is 1. The molecule has 1 aliphatic carbocycles. The van der Waals surface area contributed by atoms with E-state index in [0.717, 1.165) is 0 Å². The highest BCUT2D eigenvalue weighted by Crippen LogP contribution is 2.28. The number of rotatable bonds is 6. The Kier molecular flexibility index (Phi) is 5.47. The van der Waals surface area contributed by atoms with Gasteiger partial charge in [0.05, 0.1) is 24.7 Å². The Bertz CT molecular complexity index is 584. The number of amides is 1. The van der Waals surface area contributed by atoms with E-state index < -0.39 is 5.97 Å². The highest BCUT2D eigenvalue weighted by molar-refractivity contribution is 5.97. The molecule has 2 N–H and O–H groups in total. The molecule has 126 valence electrons. The van der Waals surface area contributed by atoms with Crippen molar-refractivity contribution in [2.75, 3.05) is 7.11 Å². The van der Waals surface area contributed by atoms with E-state index in [1.807, 2.05) is 13.8 Å². The molecule has 0 saturated heterocycles. The standard InChI is InChI=1S/C17H23NO5/c1-10(2)23-15-9-13(22-3)6-7-14(15)16(19)18-12-5-4-11(8-12)17(20)21/h6-7,9-12H,4-5,8H2,1-3H3,(H,18,19)(H,20,21)/t11-,12+/m0/s1. The molecule has 0 heterocycles. The Morgan fingerprint density at radius 3 is 2.61 bits per heavy atom. The van der Waals surface area contributed by atoms with Crippen LogP contribution in [-0.2, 0) is 4.79 Å². The first-order chi connectivity index (χ1) is 10.9. The monoisotopic (exact) mass is 321 g/mol. The third kappa shape index (κ3) is 4.37. The minimum atomic E-state index is -0.796. The fourth-order valence-electron chi connectivity index (χ4n) is 2.77. The molecule has 1 aliphatic rings. The van der Waals surface area contributed by atoms with Gasteiger partial charge < -0.3 is 19.9 Å². The first kappa shape index (κ1) is 17.1. The third-order valence-electron chi connectivity index (χ3n) is 3.91. The maximum atomic E-state index is 12.5. The van der Waals surface area contributed by atoms with Gasteiger partial charge in [-0.15, -0.1) is 0 Å². The van der Waals surface area contributed by atoms with E-state index in [1.165, 1.54) is 0 Å². The van der Waals surface area contributed by atoms with Gasteiger partial charge in [-0.05, 0) is 45.2 Å². The quantitative estimate of drug-likeness (QED) is 0.841. The Morgan fingerprint density at radius 1 is 1.30 bits per heavy atom. The number of aliphatic carboxylic acids is 1. The van der Waals surface area contributed by atoms with Crippen LogP contribution in [0.5, 0.6) is 11.5 Å². The molecule has 0 bridgehead atoms. The smallest absolute Gasteiger partial charge is 0.306 e. The summed E-state index contributed by atoms with van der Waals surface area (Å²) in [5.74, 6) is -0.342. The fourth-order valence-corrected chi connectivity index (χ4v) is 2.77. The van der Waals surface area contributed by atoms with Gasteiger partial charge in [0, 0.05) is 12.1 Å². The van der Waals surface area contributed by atoms with Crippen LogP contribution < -0.4 is 14.8 Å². The first-order valence-electron chi connectivity index (χ1n) is 7.79. The van der Waals surface area contributed by atoms with E-state index >= 15 is 0 Å². The molecule has 1 saturated carbocycles. The first-order valence-corrected chi connectivity index (χ1v) is 7.79. The fraction of sp³-hybridized carbons (Fsp3) is 0.529. The molecule has 23 heavy (non-hydrogen) atoms. The number of carbonyl (C=O) groups is 2. The van der Waals surface area contributed by atoms with Crippen LogP contribution in [0, 0.1) is 5.92 Å². The lowest BCUT2D eigenvalue weighted by molar-refractivity contribution is -0.141. The van der Waals surface area contributed by atoms with E-state index in [2.05, 4.69) is 5.32 Å². The maximum Gasteiger partial charge on any atom is 0.306 e. The number of carboxylic acids is 1. The maximum absolute atomic E-state index is 12.5. The van der Waals surface area contributed by atoms with Crippen molar-refractivity contribution < 1.29 is 24.2 Å². The second kappa shape index (κ2) is 7.35. The largest absolute Gasteiger partial charge is 0.497 e. The van der Waals surface area contributed by atoms with Crippen LogP contribution in [0.25, 0.3) is 0 Å². The molecule has 1 aromatic carbocycles. The van der Waals surface area contributed by atoms with Gasteiger partial charge >= 0.3 is 5.97 Å². The van der Waals surface area contributed by atoms with Crippen LogP contribution >= 0.6 is 0 Å². The molecule has 6 nitrogen and oxygen atoms in total. The Morgan fingerprint density at radius 2 is 2.04 bits per heavy atom. The van der Waals surface area contributed by atoms with Crippen LogP contribution in [-0.4, -0.2) is 36.2 Å². The Balaban J connectivity index is 2.11. The second-order valence-corrected chi connectivity index (χ2v) is 6.05. The van der Waals surface area contributed by atoms with Crippen molar-refractivity contribution in [1.82, 2.24) is 5.32 Å². The normalized spacial score (nSPS) is 20.3. The van der Waals surface area contributed by atoms with Gasteiger partial charge in [0.15, 0.2) is 0 Å². The molecule has 0 aromatic heterocycles. The van der Waals surface area contributed by atoms with Crippen molar-refractivity contribution in [1.29, 1.82) is 0 Å². The number of carbonyl (C=O) groups excluding carboxylic acids is 1. The van der Waals surface area contributed by atoms with Gasteiger partial charge in [-0.3, -0.25) is 9.59 Å². The molecule has 1 aromatic rings. The van der Waals surface area contributed by atoms with Crippen LogP contribution in [0.3, 0.4) is 0 Å². The predicted molar refractivity (Wildman–Crippen MR) is 85.0 cm³/mol. The zero-order valence-corrected chi connectivity index (χ0v) is 13.7. The van der Waals surface area contributed by atoms with Gasteiger partial charge in [-0.1, -0.05) is 0 Å². The molecule has 0 unspecified atom stereocenters. The molecule has 6 heteroatoms. The number of benzene rings is 1. The van der Waals surface area contributed by atoms with E-state index in [0.29, 0.717) is 36.3 Å². The number of carboxylic acid groups (broad SMARTS) is 1. The molecule has 0 spiro atoms. The highest BCUT2D eigenvalue weighted by atomic mass is 16.5. The Labute approximate surface area is 135 Å². The van der Waals surface area contributed by atoms with Crippen molar-refractivity contribution in [2.45, 2.75) is 45.3 Å². The SMILES string of the molecule is COc1ccc(C(=O)N[C@@H]2CC[C@H](C(=O)O)C2)c(OC(C)C)c1. The lowest BCUT2D eigenvalue weighted by Gasteiger charge is -2.17. The van der Waals surface area contributed by atoms with Crippen molar-refractivity contribution in [3.05, 3.63) is 23.8 Å². The van der Waals surface area contributed by atoms with E-state index in [4.69, 9.17) is 14.6 Å². The molecule has 1 amide bonds. The average Bonchev–Trinajstić information content (AvgIpc) is 2.95. The summed E-state index contributed by atoms with van der Waals surface area (Å²) in [5, 5.41) is 11.9. The van der Waals surface area contributed by atoms with Crippen molar-refractivity contribution in [3.8, 4) is 11.5 Å². The van der Waals surface area contributed by atoms with Crippen molar-refractivity contribution in [2.24, 2.45) is 5.92 Å². The molecule has 0 aliphatic heterocycles. The third-order valence-corrected chi connectivity index (χ3v) is 3.91. The van der Waals surface area contributed by atoms with Gasteiger partial charge in [0.25, 0.3) is 5.91 Å². The molecular weight excluding hydrogens is 298 g/mol. The molecule has 0 radical (unpaired) electrons. The molecule has 1 fully saturated rings. The zero-order chi connectivity index (χ0) is 17.0.